The number of carboxylic acids is 1. The second kappa shape index (κ2) is 6.42. The third-order valence-electron chi connectivity index (χ3n) is 2.40. The highest BCUT2D eigenvalue weighted by Crippen LogP contribution is 2.09. The van der Waals surface area contributed by atoms with Gasteiger partial charge < -0.3 is 14.4 Å². The fourth-order valence-electron chi connectivity index (χ4n) is 1.54. The van der Waals surface area contributed by atoms with E-state index >= 15 is 0 Å². The average molecular weight is 240 g/mol. The maximum Gasteiger partial charge on any atom is 0.317 e. The Morgan fingerprint density at radius 1 is 1.35 bits per heavy atom. The Morgan fingerprint density at radius 2 is 2.06 bits per heavy atom. The molecule has 0 bridgehead atoms. The first-order chi connectivity index (χ1) is 7.97. The molecule has 0 unspecified atom stereocenters. The molecule has 0 aliphatic heterocycles. The molecule has 0 radical (unpaired) electrons. The lowest BCUT2D eigenvalue weighted by Gasteiger charge is -2.21. The van der Waals surface area contributed by atoms with Crippen molar-refractivity contribution in [1.29, 1.82) is 0 Å². The molecule has 0 amide bonds. The summed E-state index contributed by atoms with van der Waals surface area (Å²) in [6.07, 6.45) is 0. The molecule has 0 saturated heterocycles. The van der Waals surface area contributed by atoms with Crippen LogP contribution in [-0.4, -0.2) is 54.6 Å². The van der Waals surface area contributed by atoms with Crippen molar-refractivity contribution in [2.24, 2.45) is 0 Å². The molecule has 0 fully saturated rings. The summed E-state index contributed by atoms with van der Waals surface area (Å²) >= 11 is 0. The van der Waals surface area contributed by atoms with Crippen molar-refractivity contribution in [3.63, 3.8) is 0 Å². The van der Waals surface area contributed by atoms with Crippen molar-refractivity contribution in [3.05, 3.63) is 23.7 Å². The number of aryl methyl sites for hydroxylation is 1. The molecule has 0 aliphatic carbocycles. The molecule has 1 rings (SSSR count). The second-order valence-corrected chi connectivity index (χ2v) is 4.42. The summed E-state index contributed by atoms with van der Waals surface area (Å²) in [4.78, 5) is 14.7. The van der Waals surface area contributed by atoms with Crippen LogP contribution in [0.1, 0.15) is 11.5 Å². The Kier molecular flexibility index (Phi) is 5.18. The normalized spacial score (nSPS) is 11.4. The number of nitrogens with zero attached hydrogens (tertiary/aromatic N) is 2. The van der Waals surface area contributed by atoms with Crippen LogP contribution >= 0.6 is 0 Å². The number of hydrogen-bond acceptors (Lipinski definition) is 4. The van der Waals surface area contributed by atoms with Gasteiger partial charge in [0, 0.05) is 13.1 Å². The zero-order valence-electron chi connectivity index (χ0n) is 10.6. The van der Waals surface area contributed by atoms with E-state index in [0.717, 1.165) is 18.1 Å². The Labute approximate surface area is 102 Å². The zero-order valence-corrected chi connectivity index (χ0v) is 10.6. The summed E-state index contributed by atoms with van der Waals surface area (Å²) in [5.74, 6) is 0.845. The lowest BCUT2D eigenvalue weighted by molar-refractivity contribution is -0.138. The monoisotopic (exact) mass is 240 g/mol. The first-order valence-corrected chi connectivity index (χ1v) is 5.61. The van der Waals surface area contributed by atoms with E-state index in [4.69, 9.17) is 9.52 Å². The molecule has 1 aromatic heterocycles. The van der Waals surface area contributed by atoms with E-state index in [1.54, 1.807) is 0 Å². The lowest BCUT2D eigenvalue weighted by Crippen LogP contribution is -2.35. The van der Waals surface area contributed by atoms with Gasteiger partial charge in [0.25, 0.3) is 0 Å². The third kappa shape index (κ3) is 5.51. The molecule has 5 heteroatoms. The van der Waals surface area contributed by atoms with Crippen molar-refractivity contribution >= 4 is 5.97 Å². The Bertz CT molecular complexity index is 360. The molecule has 0 spiro atoms. The molecular formula is C12H20N2O3. The van der Waals surface area contributed by atoms with Gasteiger partial charge in [-0.1, -0.05) is 0 Å². The van der Waals surface area contributed by atoms with Crippen LogP contribution in [0.15, 0.2) is 16.5 Å². The number of carbonyl (C=O) groups is 1. The molecule has 1 heterocycles. The van der Waals surface area contributed by atoms with Crippen molar-refractivity contribution in [1.82, 2.24) is 9.80 Å². The highest BCUT2D eigenvalue weighted by molar-refractivity contribution is 5.69. The van der Waals surface area contributed by atoms with Crippen LogP contribution in [0.2, 0.25) is 0 Å². The molecule has 0 atom stereocenters. The van der Waals surface area contributed by atoms with Gasteiger partial charge >= 0.3 is 5.97 Å². The van der Waals surface area contributed by atoms with Gasteiger partial charge in [-0.25, -0.2) is 0 Å². The van der Waals surface area contributed by atoms with Gasteiger partial charge in [-0.05, 0) is 33.2 Å². The van der Waals surface area contributed by atoms with Crippen molar-refractivity contribution in [2.75, 3.05) is 33.7 Å². The van der Waals surface area contributed by atoms with Crippen LogP contribution < -0.4 is 0 Å². The summed E-state index contributed by atoms with van der Waals surface area (Å²) in [5, 5.41) is 8.85. The molecule has 0 aromatic carbocycles. The molecular weight excluding hydrogens is 220 g/mol. The molecule has 1 N–H and O–H groups in total. The summed E-state index contributed by atoms with van der Waals surface area (Å²) in [7, 11) is 3.94. The van der Waals surface area contributed by atoms with Gasteiger partial charge in [-0.3, -0.25) is 9.69 Å². The highest BCUT2D eigenvalue weighted by atomic mass is 16.4. The standard InChI is InChI=1S/C12H20N2O3/c1-10-4-5-11(17-10)8-14(9-12(15)16)7-6-13(2)3/h4-5H,6-9H2,1-3H3,(H,15,16). The minimum absolute atomic E-state index is 0.0353. The maximum absolute atomic E-state index is 10.8. The van der Waals surface area contributed by atoms with E-state index in [9.17, 15) is 4.79 Å². The Hall–Kier alpha value is -1.33. The summed E-state index contributed by atoms with van der Waals surface area (Å²) < 4.78 is 5.45. The SMILES string of the molecule is Cc1ccc(CN(CCN(C)C)CC(=O)O)o1. The van der Waals surface area contributed by atoms with Gasteiger partial charge in [-0.15, -0.1) is 0 Å². The van der Waals surface area contributed by atoms with Crippen molar-refractivity contribution in [2.45, 2.75) is 13.5 Å². The van der Waals surface area contributed by atoms with Gasteiger partial charge in [-0.2, -0.15) is 0 Å². The quantitative estimate of drug-likeness (QED) is 0.771. The number of aliphatic carboxylic acids is 1. The number of carboxylic acid groups (broad SMARTS) is 1. The maximum atomic E-state index is 10.8. The van der Waals surface area contributed by atoms with Crippen LogP contribution in [-0.2, 0) is 11.3 Å². The zero-order chi connectivity index (χ0) is 12.8. The fourth-order valence-corrected chi connectivity index (χ4v) is 1.54. The topological polar surface area (TPSA) is 56.9 Å². The third-order valence-corrected chi connectivity index (χ3v) is 2.40. The van der Waals surface area contributed by atoms with Crippen molar-refractivity contribution in [3.8, 4) is 0 Å². The van der Waals surface area contributed by atoms with Crippen LogP contribution in [0.3, 0.4) is 0 Å². The minimum atomic E-state index is -0.813. The van der Waals surface area contributed by atoms with Gasteiger partial charge in [0.1, 0.15) is 11.5 Å². The Morgan fingerprint density at radius 3 is 2.53 bits per heavy atom. The number of likely N-dealkylation sites (N-methyl/N-ethyl adjacent to an activating group) is 1. The largest absolute Gasteiger partial charge is 0.480 e. The average Bonchev–Trinajstić information content (AvgIpc) is 2.59. The number of rotatable bonds is 7. The fraction of sp³-hybridized carbons (Fsp3) is 0.583. The lowest BCUT2D eigenvalue weighted by atomic mass is 10.3. The second-order valence-electron chi connectivity index (χ2n) is 4.42. The predicted molar refractivity (Wildman–Crippen MR) is 64.9 cm³/mol. The van der Waals surface area contributed by atoms with E-state index in [2.05, 4.69) is 0 Å². The van der Waals surface area contributed by atoms with E-state index in [0.29, 0.717) is 13.1 Å². The van der Waals surface area contributed by atoms with E-state index in [1.807, 2.05) is 43.0 Å². The first kappa shape index (κ1) is 13.7. The van der Waals surface area contributed by atoms with E-state index in [1.165, 1.54) is 0 Å². The van der Waals surface area contributed by atoms with Gasteiger partial charge in [0.2, 0.25) is 0 Å². The smallest absolute Gasteiger partial charge is 0.317 e. The van der Waals surface area contributed by atoms with Crippen LogP contribution in [0.25, 0.3) is 0 Å². The number of furan rings is 1. The highest BCUT2D eigenvalue weighted by Gasteiger charge is 2.12. The van der Waals surface area contributed by atoms with E-state index in [-0.39, 0.29) is 6.54 Å². The summed E-state index contributed by atoms with van der Waals surface area (Å²) in [6, 6.07) is 3.78. The van der Waals surface area contributed by atoms with E-state index < -0.39 is 5.97 Å². The molecule has 0 aliphatic rings. The minimum Gasteiger partial charge on any atom is -0.480 e. The van der Waals surface area contributed by atoms with Crippen LogP contribution in [0, 0.1) is 6.92 Å². The van der Waals surface area contributed by atoms with Crippen LogP contribution in [0.4, 0.5) is 0 Å². The molecule has 96 valence electrons. The molecule has 17 heavy (non-hydrogen) atoms. The van der Waals surface area contributed by atoms with Gasteiger partial charge in [0.05, 0.1) is 13.1 Å². The predicted octanol–water partition coefficient (Wildman–Crippen LogP) is 1.04. The molecule has 0 saturated carbocycles. The summed E-state index contributed by atoms with van der Waals surface area (Å²) in [6.45, 7) is 3.98. The first-order valence-electron chi connectivity index (χ1n) is 5.61. The van der Waals surface area contributed by atoms with Crippen molar-refractivity contribution < 1.29 is 14.3 Å². The van der Waals surface area contributed by atoms with Gasteiger partial charge in [0.15, 0.2) is 0 Å². The molecule has 5 nitrogen and oxygen atoms in total. The molecule has 1 aromatic rings. The van der Waals surface area contributed by atoms with Crippen LogP contribution in [0.5, 0.6) is 0 Å². The Balaban J connectivity index is 2.53. The number of hydrogen-bond donors (Lipinski definition) is 1. The summed E-state index contributed by atoms with van der Waals surface area (Å²) in [5.41, 5.74) is 0.